The number of hydrogen-bond acceptors (Lipinski definition) is 5. The van der Waals surface area contributed by atoms with Crippen molar-refractivity contribution < 1.29 is 23.9 Å². The summed E-state index contributed by atoms with van der Waals surface area (Å²) in [5.41, 5.74) is 0. The van der Waals surface area contributed by atoms with Crippen molar-refractivity contribution in [1.82, 2.24) is 4.90 Å². The molecule has 1 fully saturated rings. The highest BCUT2D eigenvalue weighted by molar-refractivity contribution is 5.94. The van der Waals surface area contributed by atoms with Crippen molar-refractivity contribution in [2.45, 2.75) is 45.6 Å². The molecule has 1 heterocycles. The SMILES string of the molecule is CCOC(=O)CC(=O)N1CCCC1CC(=O)OCC. The van der Waals surface area contributed by atoms with Crippen LogP contribution >= 0.6 is 0 Å². The van der Waals surface area contributed by atoms with Gasteiger partial charge in [0.15, 0.2) is 0 Å². The third-order valence-electron chi connectivity index (χ3n) is 3.01. The summed E-state index contributed by atoms with van der Waals surface area (Å²) >= 11 is 0. The van der Waals surface area contributed by atoms with Crippen molar-refractivity contribution in [1.29, 1.82) is 0 Å². The molecule has 0 aliphatic carbocycles. The molecule has 0 N–H and O–H groups in total. The molecule has 1 aliphatic heterocycles. The number of carbonyl (C=O) groups is 3. The smallest absolute Gasteiger partial charge is 0.315 e. The lowest BCUT2D eigenvalue weighted by molar-refractivity contribution is -0.149. The van der Waals surface area contributed by atoms with E-state index in [2.05, 4.69) is 0 Å². The Morgan fingerprint density at radius 1 is 1.11 bits per heavy atom. The van der Waals surface area contributed by atoms with Crippen LogP contribution < -0.4 is 0 Å². The standard InChI is InChI=1S/C13H21NO5/c1-3-18-12(16)8-10-6-5-7-14(10)11(15)9-13(17)19-4-2/h10H,3-9H2,1-2H3. The van der Waals surface area contributed by atoms with Crippen molar-refractivity contribution in [3.63, 3.8) is 0 Å². The first-order valence-corrected chi connectivity index (χ1v) is 6.69. The fraction of sp³-hybridized carbons (Fsp3) is 0.769. The maximum Gasteiger partial charge on any atom is 0.315 e. The van der Waals surface area contributed by atoms with Crippen LogP contribution in [0.2, 0.25) is 0 Å². The number of amides is 1. The van der Waals surface area contributed by atoms with Crippen LogP contribution in [0.4, 0.5) is 0 Å². The van der Waals surface area contributed by atoms with Crippen molar-refractivity contribution in [2.75, 3.05) is 19.8 Å². The molecule has 0 aromatic carbocycles. The predicted octanol–water partition coefficient (Wildman–Crippen LogP) is 0.884. The molecule has 6 heteroatoms. The van der Waals surface area contributed by atoms with Crippen molar-refractivity contribution >= 4 is 17.8 Å². The number of nitrogens with zero attached hydrogens (tertiary/aromatic N) is 1. The molecular formula is C13H21NO5. The molecule has 19 heavy (non-hydrogen) atoms. The Balaban J connectivity index is 2.48. The minimum Gasteiger partial charge on any atom is -0.466 e. The van der Waals surface area contributed by atoms with Crippen LogP contribution in [0.5, 0.6) is 0 Å². The lowest BCUT2D eigenvalue weighted by atomic mass is 10.1. The summed E-state index contributed by atoms with van der Waals surface area (Å²) in [4.78, 5) is 36.3. The van der Waals surface area contributed by atoms with Crippen LogP contribution in [0, 0.1) is 0 Å². The van der Waals surface area contributed by atoms with Crippen molar-refractivity contribution in [3.8, 4) is 0 Å². The van der Waals surface area contributed by atoms with Crippen LogP contribution in [0.1, 0.15) is 39.5 Å². The molecule has 1 amide bonds. The predicted molar refractivity (Wildman–Crippen MR) is 67.2 cm³/mol. The second-order valence-corrected chi connectivity index (χ2v) is 4.37. The average Bonchev–Trinajstić information content (AvgIpc) is 2.77. The van der Waals surface area contributed by atoms with E-state index in [1.165, 1.54) is 0 Å². The lowest BCUT2D eigenvalue weighted by Gasteiger charge is -2.23. The van der Waals surface area contributed by atoms with E-state index in [0.29, 0.717) is 13.2 Å². The highest BCUT2D eigenvalue weighted by atomic mass is 16.5. The fourth-order valence-electron chi connectivity index (χ4n) is 2.23. The van der Waals surface area contributed by atoms with Gasteiger partial charge in [-0.1, -0.05) is 0 Å². The summed E-state index contributed by atoms with van der Waals surface area (Å²) in [5, 5.41) is 0. The summed E-state index contributed by atoms with van der Waals surface area (Å²) in [6, 6.07) is -0.152. The first-order chi connectivity index (χ1) is 9.08. The van der Waals surface area contributed by atoms with Gasteiger partial charge in [-0.05, 0) is 26.7 Å². The molecular weight excluding hydrogens is 250 g/mol. The zero-order valence-corrected chi connectivity index (χ0v) is 11.5. The molecule has 0 aromatic heterocycles. The summed E-state index contributed by atoms with van der Waals surface area (Å²) < 4.78 is 9.63. The van der Waals surface area contributed by atoms with Crippen molar-refractivity contribution in [2.24, 2.45) is 0 Å². The molecule has 1 aliphatic rings. The summed E-state index contributed by atoms with van der Waals surface area (Å²) in [6.07, 6.45) is 1.56. The topological polar surface area (TPSA) is 72.9 Å². The normalized spacial score (nSPS) is 18.2. The highest BCUT2D eigenvalue weighted by Gasteiger charge is 2.31. The summed E-state index contributed by atoms with van der Waals surface area (Å²) in [5.74, 6) is -1.09. The molecule has 0 spiro atoms. The minimum atomic E-state index is -0.519. The van der Waals surface area contributed by atoms with Gasteiger partial charge in [0.1, 0.15) is 6.42 Å². The van der Waals surface area contributed by atoms with Gasteiger partial charge in [0.2, 0.25) is 5.91 Å². The Labute approximate surface area is 113 Å². The number of rotatable bonds is 6. The van der Waals surface area contributed by atoms with E-state index >= 15 is 0 Å². The Bertz CT molecular complexity index is 342. The molecule has 1 atom stereocenters. The number of hydrogen-bond donors (Lipinski definition) is 0. The Kier molecular flexibility index (Phi) is 6.32. The van der Waals surface area contributed by atoms with Crippen LogP contribution in [0.15, 0.2) is 0 Å². The molecule has 6 nitrogen and oxygen atoms in total. The van der Waals surface area contributed by atoms with Gasteiger partial charge in [0, 0.05) is 12.6 Å². The minimum absolute atomic E-state index is 0.152. The van der Waals surface area contributed by atoms with Gasteiger partial charge in [-0.3, -0.25) is 14.4 Å². The molecule has 1 saturated heterocycles. The highest BCUT2D eigenvalue weighted by Crippen LogP contribution is 2.21. The monoisotopic (exact) mass is 271 g/mol. The number of likely N-dealkylation sites (tertiary alicyclic amines) is 1. The van der Waals surface area contributed by atoms with Gasteiger partial charge in [-0.25, -0.2) is 0 Å². The largest absolute Gasteiger partial charge is 0.466 e. The van der Waals surface area contributed by atoms with E-state index in [4.69, 9.17) is 9.47 Å². The zero-order valence-electron chi connectivity index (χ0n) is 11.5. The van der Waals surface area contributed by atoms with E-state index in [1.54, 1.807) is 18.7 Å². The van der Waals surface area contributed by atoms with Crippen molar-refractivity contribution in [3.05, 3.63) is 0 Å². The van der Waals surface area contributed by atoms with Crippen LogP contribution in [-0.4, -0.2) is 48.5 Å². The molecule has 0 saturated carbocycles. The van der Waals surface area contributed by atoms with Gasteiger partial charge >= 0.3 is 11.9 Å². The van der Waals surface area contributed by atoms with Gasteiger partial charge in [0.25, 0.3) is 0 Å². The maximum atomic E-state index is 12.0. The van der Waals surface area contributed by atoms with E-state index < -0.39 is 5.97 Å². The molecule has 1 unspecified atom stereocenters. The number of carbonyl (C=O) groups excluding carboxylic acids is 3. The number of ether oxygens (including phenoxy) is 2. The second kappa shape index (κ2) is 7.76. The Morgan fingerprint density at radius 2 is 1.74 bits per heavy atom. The van der Waals surface area contributed by atoms with Crippen LogP contribution in [0.25, 0.3) is 0 Å². The van der Waals surface area contributed by atoms with Gasteiger partial charge in [-0.15, -0.1) is 0 Å². The molecule has 0 bridgehead atoms. The van der Waals surface area contributed by atoms with Crippen LogP contribution in [-0.2, 0) is 23.9 Å². The second-order valence-electron chi connectivity index (χ2n) is 4.37. The molecule has 108 valence electrons. The quantitative estimate of drug-likeness (QED) is 0.530. The third kappa shape index (κ3) is 4.89. The average molecular weight is 271 g/mol. The van der Waals surface area contributed by atoms with Crippen LogP contribution in [0.3, 0.4) is 0 Å². The third-order valence-corrected chi connectivity index (χ3v) is 3.01. The van der Waals surface area contributed by atoms with Gasteiger partial charge in [0.05, 0.1) is 19.6 Å². The van der Waals surface area contributed by atoms with E-state index in [1.807, 2.05) is 0 Å². The van der Waals surface area contributed by atoms with E-state index in [0.717, 1.165) is 12.8 Å². The molecule has 0 radical (unpaired) electrons. The van der Waals surface area contributed by atoms with E-state index in [-0.39, 0.29) is 37.4 Å². The van der Waals surface area contributed by atoms with E-state index in [9.17, 15) is 14.4 Å². The summed E-state index contributed by atoms with van der Waals surface area (Å²) in [6.45, 7) is 4.63. The fourth-order valence-corrected chi connectivity index (χ4v) is 2.23. The van der Waals surface area contributed by atoms with Gasteiger partial charge in [-0.2, -0.15) is 0 Å². The Hall–Kier alpha value is -1.59. The number of esters is 2. The Morgan fingerprint density at radius 3 is 2.37 bits per heavy atom. The maximum absolute atomic E-state index is 12.0. The summed E-state index contributed by atoms with van der Waals surface area (Å²) in [7, 11) is 0. The van der Waals surface area contributed by atoms with Gasteiger partial charge < -0.3 is 14.4 Å². The first-order valence-electron chi connectivity index (χ1n) is 6.69. The zero-order chi connectivity index (χ0) is 14.3. The molecule has 1 rings (SSSR count). The molecule has 0 aromatic rings. The lowest BCUT2D eigenvalue weighted by Crippen LogP contribution is -2.38. The first kappa shape index (κ1) is 15.5.